The average molecular weight is 267 g/mol. The molecule has 0 heterocycles. The first-order valence-corrected chi connectivity index (χ1v) is 4.82. The minimum absolute atomic E-state index is 0.0430. The second kappa shape index (κ2) is 4.70. The molecule has 0 aliphatic rings. The Morgan fingerprint density at radius 1 is 1.33 bits per heavy atom. The molecule has 0 unspecified atom stereocenters. The molecular weight excluding hydrogens is 262 g/mol. The van der Waals surface area contributed by atoms with Crippen LogP contribution in [0.3, 0.4) is 0 Å². The molecule has 0 saturated carbocycles. The van der Waals surface area contributed by atoms with Gasteiger partial charge in [0.1, 0.15) is 10.2 Å². The molecule has 1 aromatic carbocycles. The summed E-state index contributed by atoms with van der Waals surface area (Å²) in [5, 5.41) is 10.6. The van der Waals surface area contributed by atoms with Gasteiger partial charge < -0.3 is 5.73 Å². The summed E-state index contributed by atoms with van der Waals surface area (Å²) in [4.78, 5) is 9.96. The Hall–Kier alpha value is -0.970. The fourth-order valence-corrected chi connectivity index (χ4v) is 1.28. The first-order valence-electron chi connectivity index (χ1n) is 3.68. The lowest BCUT2D eigenvalue weighted by atomic mass is 10.2. The summed E-state index contributed by atoms with van der Waals surface area (Å²) >= 11 is 16.6. The highest BCUT2D eigenvalue weighted by molar-refractivity contribution is 6.66. The number of rotatable bonds is 2. The lowest BCUT2D eigenvalue weighted by molar-refractivity contribution is -0.383. The number of nitrogens with two attached hydrogens (primary N) is 1. The maximum Gasteiger partial charge on any atom is 0.292 e. The summed E-state index contributed by atoms with van der Waals surface area (Å²) in [6.07, 6.45) is 0. The van der Waals surface area contributed by atoms with E-state index in [0.717, 1.165) is 0 Å². The number of halogens is 3. The molecule has 0 amide bonds. The molecule has 2 N–H and O–H groups in total. The van der Waals surface area contributed by atoms with Gasteiger partial charge in [-0.25, -0.2) is 0 Å². The number of nitrogen functional groups attached to an aromatic ring is 1. The van der Waals surface area contributed by atoms with Crippen molar-refractivity contribution >= 4 is 51.2 Å². The van der Waals surface area contributed by atoms with Crippen LogP contribution in [0.25, 0.3) is 5.03 Å². The van der Waals surface area contributed by atoms with Crippen molar-refractivity contribution in [3.05, 3.63) is 38.4 Å². The fraction of sp³-hybridized carbons (Fsp3) is 0. The Kier molecular flexibility index (Phi) is 3.79. The molecule has 1 rings (SSSR count). The Bertz CT molecular complexity index is 442. The predicted molar refractivity (Wildman–Crippen MR) is 62.0 cm³/mol. The van der Waals surface area contributed by atoms with Crippen molar-refractivity contribution in [3.8, 4) is 0 Å². The fourth-order valence-electron chi connectivity index (χ4n) is 0.947. The summed E-state index contributed by atoms with van der Waals surface area (Å²) in [6, 6.07) is 4.07. The summed E-state index contributed by atoms with van der Waals surface area (Å²) in [5.74, 6) is 0. The number of nitro groups is 1. The number of hydrogen-bond acceptors (Lipinski definition) is 3. The van der Waals surface area contributed by atoms with Gasteiger partial charge in [0.05, 0.1) is 9.96 Å². The Balaban J connectivity index is 3.31. The van der Waals surface area contributed by atoms with E-state index >= 15 is 0 Å². The smallest absolute Gasteiger partial charge is 0.292 e. The van der Waals surface area contributed by atoms with Crippen LogP contribution in [0.4, 0.5) is 11.4 Å². The molecule has 0 bridgehead atoms. The largest absolute Gasteiger partial charge is 0.393 e. The van der Waals surface area contributed by atoms with Gasteiger partial charge in [-0.2, -0.15) is 0 Å². The van der Waals surface area contributed by atoms with Crippen molar-refractivity contribution in [1.29, 1.82) is 0 Å². The van der Waals surface area contributed by atoms with Gasteiger partial charge in [0.15, 0.2) is 0 Å². The molecule has 4 nitrogen and oxygen atoms in total. The lowest BCUT2D eigenvalue weighted by Gasteiger charge is -2.01. The normalized spacial score (nSPS) is 9.80. The van der Waals surface area contributed by atoms with Gasteiger partial charge in [0.25, 0.3) is 5.69 Å². The summed E-state index contributed by atoms with van der Waals surface area (Å²) in [5.41, 5.74) is 5.56. The first kappa shape index (κ1) is 12.1. The molecule has 0 aliphatic heterocycles. The number of benzene rings is 1. The van der Waals surface area contributed by atoms with Crippen LogP contribution in [0.1, 0.15) is 5.56 Å². The highest BCUT2D eigenvalue weighted by Crippen LogP contribution is 2.32. The maximum atomic E-state index is 10.6. The van der Waals surface area contributed by atoms with Crippen LogP contribution in [0.5, 0.6) is 0 Å². The molecule has 1 aromatic rings. The average Bonchev–Trinajstić information content (AvgIpc) is 2.16. The van der Waals surface area contributed by atoms with E-state index in [4.69, 9.17) is 40.5 Å². The van der Waals surface area contributed by atoms with E-state index in [9.17, 15) is 10.1 Å². The second-order valence-corrected chi connectivity index (χ2v) is 3.93. The summed E-state index contributed by atoms with van der Waals surface area (Å²) in [6.45, 7) is 0. The van der Waals surface area contributed by atoms with Gasteiger partial charge in [-0.3, -0.25) is 10.1 Å². The zero-order valence-corrected chi connectivity index (χ0v) is 9.47. The molecule has 0 saturated heterocycles. The zero-order chi connectivity index (χ0) is 11.6. The van der Waals surface area contributed by atoms with Gasteiger partial charge in [-0.1, -0.05) is 40.9 Å². The van der Waals surface area contributed by atoms with Crippen LogP contribution in [-0.4, -0.2) is 4.92 Å². The molecule has 0 atom stereocenters. The van der Waals surface area contributed by atoms with Gasteiger partial charge >= 0.3 is 0 Å². The van der Waals surface area contributed by atoms with Crippen LogP contribution in [0.2, 0.25) is 0 Å². The Morgan fingerprint density at radius 3 is 2.40 bits per heavy atom. The third-order valence-corrected chi connectivity index (χ3v) is 2.63. The van der Waals surface area contributed by atoms with Gasteiger partial charge in [-0.15, -0.1) is 0 Å². The van der Waals surface area contributed by atoms with E-state index in [0.29, 0.717) is 5.56 Å². The van der Waals surface area contributed by atoms with E-state index in [1.165, 1.54) is 18.2 Å². The highest BCUT2D eigenvalue weighted by atomic mass is 35.5. The third-order valence-electron chi connectivity index (χ3n) is 1.65. The van der Waals surface area contributed by atoms with Crippen molar-refractivity contribution in [3.63, 3.8) is 0 Å². The maximum absolute atomic E-state index is 10.6. The summed E-state index contributed by atoms with van der Waals surface area (Å²) < 4.78 is -0.157. The SMILES string of the molecule is Nc1ccc(C(Cl)=C(Cl)Cl)cc1[N+](=O)[O-]. The minimum Gasteiger partial charge on any atom is -0.393 e. The van der Waals surface area contributed by atoms with E-state index in [2.05, 4.69) is 0 Å². The van der Waals surface area contributed by atoms with Crippen molar-refractivity contribution < 1.29 is 4.92 Å². The van der Waals surface area contributed by atoms with E-state index < -0.39 is 4.92 Å². The van der Waals surface area contributed by atoms with Crippen LogP contribution < -0.4 is 5.73 Å². The molecule has 0 spiro atoms. The highest BCUT2D eigenvalue weighted by Gasteiger charge is 2.14. The van der Waals surface area contributed by atoms with E-state index in [-0.39, 0.29) is 20.9 Å². The van der Waals surface area contributed by atoms with Crippen LogP contribution in [-0.2, 0) is 0 Å². The molecule has 80 valence electrons. The second-order valence-electron chi connectivity index (χ2n) is 2.61. The Morgan fingerprint density at radius 2 is 1.93 bits per heavy atom. The number of nitrogens with zero attached hydrogens (tertiary/aromatic N) is 1. The van der Waals surface area contributed by atoms with Crippen LogP contribution in [0.15, 0.2) is 22.7 Å². The van der Waals surface area contributed by atoms with Gasteiger partial charge in [0, 0.05) is 11.6 Å². The monoisotopic (exact) mass is 266 g/mol. The Labute approximate surface area is 100 Å². The van der Waals surface area contributed by atoms with Crippen LogP contribution >= 0.6 is 34.8 Å². The van der Waals surface area contributed by atoms with Crippen molar-refractivity contribution in [2.45, 2.75) is 0 Å². The molecule has 0 radical (unpaired) electrons. The summed E-state index contributed by atoms with van der Waals surface area (Å²) in [7, 11) is 0. The molecule has 15 heavy (non-hydrogen) atoms. The molecular formula is C8H5Cl3N2O2. The molecule has 0 aromatic heterocycles. The quantitative estimate of drug-likeness (QED) is 0.506. The number of nitro benzene ring substituents is 1. The van der Waals surface area contributed by atoms with Crippen molar-refractivity contribution in [2.75, 3.05) is 5.73 Å². The van der Waals surface area contributed by atoms with Crippen LogP contribution in [0, 0.1) is 10.1 Å². The number of hydrogen-bond donors (Lipinski definition) is 1. The lowest BCUT2D eigenvalue weighted by Crippen LogP contribution is -1.96. The van der Waals surface area contributed by atoms with Crippen molar-refractivity contribution in [1.82, 2.24) is 0 Å². The minimum atomic E-state index is -0.606. The zero-order valence-electron chi connectivity index (χ0n) is 7.21. The predicted octanol–water partition coefficient (Wildman–Crippen LogP) is 3.52. The third kappa shape index (κ3) is 2.75. The number of anilines is 1. The first-order chi connectivity index (χ1) is 6.93. The standard InChI is InChI=1S/C8H5Cl3N2O2/c9-7(8(10)11)4-1-2-5(12)6(3-4)13(14)15/h1-3H,12H2. The van der Waals surface area contributed by atoms with Crippen molar-refractivity contribution in [2.24, 2.45) is 0 Å². The van der Waals surface area contributed by atoms with Gasteiger partial charge in [-0.05, 0) is 6.07 Å². The van der Waals surface area contributed by atoms with Gasteiger partial charge in [0.2, 0.25) is 0 Å². The molecule has 7 heteroatoms. The topological polar surface area (TPSA) is 69.2 Å². The van der Waals surface area contributed by atoms with E-state index in [1.807, 2.05) is 0 Å². The molecule has 0 fully saturated rings. The molecule has 0 aliphatic carbocycles. The van der Waals surface area contributed by atoms with E-state index in [1.54, 1.807) is 0 Å².